The van der Waals surface area contributed by atoms with Crippen LogP contribution in [0.3, 0.4) is 0 Å². The van der Waals surface area contributed by atoms with Crippen molar-refractivity contribution < 1.29 is 9.59 Å². The number of unbranched alkanes of at least 4 members (excludes halogenated alkanes) is 3. The van der Waals surface area contributed by atoms with Crippen LogP contribution in [0, 0.1) is 0 Å². The Hall–Kier alpha value is -2.04. The second-order valence-corrected chi connectivity index (χ2v) is 4.39. The molecule has 0 aliphatic carbocycles. The van der Waals surface area contributed by atoms with E-state index in [1.54, 1.807) is 24.3 Å². The van der Waals surface area contributed by atoms with Gasteiger partial charge in [0.25, 0.3) is 0 Å². The van der Waals surface area contributed by atoms with Crippen molar-refractivity contribution in [2.75, 3.05) is 11.9 Å². The van der Waals surface area contributed by atoms with Crippen LogP contribution in [0.5, 0.6) is 0 Å². The summed E-state index contributed by atoms with van der Waals surface area (Å²) in [5.41, 5.74) is 6.11. The molecule has 1 rings (SSSR count). The zero-order valence-corrected chi connectivity index (χ0v) is 11.2. The number of nitrogens with one attached hydrogen (secondary N) is 2. The summed E-state index contributed by atoms with van der Waals surface area (Å²) >= 11 is 0. The van der Waals surface area contributed by atoms with Crippen molar-refractivity contribution in [2.45, 2.75) is 32.6 Å². The molecule has 0 aromatic heterocycles. The van der Waals surface area contributed by atoms with E-state index < -0.39 is 5.91 Å². The highest BCUT2D eigenvalue weighted by atomic mass is 16.2. The van der Waals surface area contributed by atoms with Crippen molar-refractivity contribution in [1.29, 1.82) is 0 Å². The number of hydrogen-bond donors (Lipinski definition) is 3. The first-order chi connectivity index (χ1) is 9.13. The van der Waals surface area contributed by atoms with Gasteiger partial charge >= 0.3 is 6.03 Å². The number of primary amides is 1. The molecule has 1 aromatic carbocycles. The number of anilines is 1. The van der Waals surface area contributed by atoms with E-state index in [2.05, 4.69) is 17.6 Å². The van der Waals surface area contributed by atoms with Crippen LogP contribution < -0.4 is 16.4 Å². The largest absolute Gasteiger partial charge is 0.366 e. The molecule has 0 saturated carbocycles. The van der Waals surface area contributed by atoms with Gasteiger partial charge in [-0.25, -0.2) is 4.79 Å². The van der Waals surface area contributed by atoms with E-state index >= 15 is 0 Å². The fourth-order valence-corrected chi connectivity index (χ4v) is 1.68. The van der Waals surface area contributed by atoms with Crippen molar-refractivity contribution in [3.63, 3.8) is 0 Å². The van der Waals surface area contributed by atoms with Gasteiger partial charge in [-0.1, -0.05) is 32.3 Å². The summed E-state index contributed by atoms with van der Waals surface area (Å²) in [6.07, 6.45) is 4.45. The fraction of sp³-hybridized carbons (Fsp3) is 0.429. The van der Waals surface area contributed by atoms with Crippen molar-refractivity contribution in [3.05, 3.63) is 29.8 Å². The van der Waals surface area contributed by atoms with Crippen LogP contribution in [0.1, 0.15) is 43.0 Å². The minimum Gasteiger partial charge on any atom is -0.366 e. The van der Waals surface area contributed by atoms with Crippen LogP contribution in [0.25, 0.3) is 0 Å². The Morgan fingerprint density at radius 1 is 1.21 bits per heavy atom. The van der Waals surface area contributed by atoms with E-state index in [4.69, 9.17) is 5.73 Å². The van der Waals surface area contributed by atoms with Gasteiger partial charge < -0.3 is 16.4 Å². The molecular weight excluding hydrogens is 242 g/mol. The van der Waals surface area contributed by atoms with Gasteiger partial charge in [-0.15, -0.1) is 0 Å². The van der Waals surface area contributed by atoms with E-state index in [1.165, 1.54) is 12.8 Å². The number of rotatable bonds is 7. The average Bonchev–Trinajstić information content (AvgIpc) is 2.38. The van der Waals surface area contributed by atoms with Crippen molar-refractivity contribution in [3.8, 4) is 0 Å². The smallest absolute Gasteiger partial charge is 0.319 e. The molecule has 0 atom stereocenters. The molecular formula is C14H21N3O2. The minimum absolute atomic E-state index is 0.266. The Balaban J connectivity index is 2.35. The van der Waals surface area contributed by atoms with Gasteiger partial charge in [0, 0.05) is 17.8 Å². The van der Waals surface area contributed by atoms with Crippen LogP contribution in [-0.4, -0.2) is 18.5 Å². The van der Waals surface area contributed by atoms with Crippen molar-refractivity contribution in [1.82, 2.24) is 5.32 Å². The molecule has 104 valence electrons. The lowest BCUT2D eigenvalue weighted by Gasteiger charge is -2.08. The highest BCUT2D eigenvalue weighted by Gasteiger charge is 2.04. The molecule has 0 spiro atoms. The number of carbonyl (C=O) groups is 2. The maximum atomic E-state index is 11.6. The van der Waals surface area contributed by atoms with E-state index in [-0.39, 0.29) is 6.03 Å². The third kappa shape index (κ3) is 5.90. The molecule has 0 bridgehead atoms. The summed E-state index contributed by atoms with van der Waals surface area (Å²) in [6.45, 7) is 2.80. The highest BCUT2D eigenvalue weighted by Crippen LogP contribution is 2.09. The van der Waals surface area contributed by atoms with E-state index in [1.807, 2.05) is 0 Å². The molecule has 0 unspecified atom stereocenters. The van der Waals surface area contributed by atoms with Crippen molar-refractivity contribution in [2.24, 2.45) is 5.73 Å². The first-order valence-corrected chi connectivity index (χ1v) is 6.58. The molecule has 4 N–H and O–H groups in total. The molecule has 0 fully saturated rings. The second kappa shape index (κ2) is 8.13. The van der Waals surface area contributed by atoms with E-state index in [0.29, 0.717) is 17.8 Å². The Bertz CT molecular complexity index is 432. The minimum atomic E-state index is -0.511. The van der Waals surface area contributed by atoms with Gasteiger partial charge in [-0.2, -0.15) is 0 Å². The molecule has 19 heavy (non-hydrogen) atoms. The number of nitrogens with two attached hydrogens (primary N) is 1. The first kappa shape index (κ1) is 15.0. The van der Waals surface area contributed by atoms with Crippen LogP contribution in [-0.2, 0) is 0 Å². The lowest BCUT2D eigenvalue weighted by atomic mass is 10.2. The van der Waals surface area contributed by atoms with Gasteiger partial charge in [-0.05, 0) is 24.6 Å². The van der Waals surface area contributed by atoms with Crippen LogP contribution in [0.2, 0.25) is 0 Å². The maximum absolute atomic E-state index is 11.6. The van der Waals surface area contributed by atoms with E-state index in [9.17, 15) is 9.59 Å². The summed E-state index contributed by atoms with van der Waals surface area (Å²) in [5, 5.41) is 5.44. The third-order valence-electron chi connectivity index (χ3n) is 2.72. The average molecular weight is 263 g/mol. The standard InChI is InChI=1S/C14H21N3O2/c1-2-3-4-5-9-16-14(19)17-12-8-6-7-11(10-12)13(15)18/h6-8,10H,2-5,9H2,1H3,(H2,15,18)(H2,16,17,19). The molecule has 0 saturated heterocycles. The van der Waals surface area contributed by atoms with Crippen LogP contribution in [0.4, 0.5) is 10.5 Å². The predicted molar refractivity (Wildman–Crippen MR) is 76.1 cm³/mol. The topological polar surface area (TPSA) is 84.2 Å². The lowest BCUT2D eigenvalue weighted by Crippen LogP contribution is -2.29. The van der Waals surface area contributed by atoms with Gasteiger partial charge in [0.15, 0.2) is 0 Å². The Morgan fingerprint density at radius 3 is 2.68 bits per heavy atom. The molecule has 0 aliphatic rings. The van der Waals surface area contributed by atoms with Gasteiger partial charge in [0.2, 0.25) is 5.91 Å². The Morgan fingerprint density at radius 2 is 2.00 bits per heavy atom. The molecule has 3 amide bonds. The second-order valence-electron chi connectivity index (χ2n) is 4.39. The molecule has 0 aliphatic heterocycles. The summed E-state index contributed by atoms with van der Waals surface area (Å²) in [5.74, 6) is -0.511. The lowest BCUT2D eigenvalue weighted by molar-refractivity contribution is 0.100. The fourth-order valence-electron chi connectivity index (χ4n) is 1.68. The Labute approximate surface area is 113 Å². The monoisotopic (exact) mass is 263 g/mol. The molecule has 1 aromatic rings. The summed E-state index contributed by atoms with van der Waals surface area (Å²) in [7, 11) is 0. The van der Waals surface area contributed by atoms with Crippen LogP contribution in [0.15, 0.2) is 24.3 Å². The molecule has 0 heterocycles. The SMILES string of the molecule is CCCCCCNC(=O)Nc1cccc(C(N)=O)c1. The van der Waals surface area contributed by atoms with Gasteiger partial charge in [0.1, 0.15) is 0 Å². The molecule has 0 radical (unpaired) electrons. The predicted octanol–water partition coefficient (Wildman–Crippen LogP) is 2.49. The zero-order valence-electron chi connectivity index (χ0n) is 11.2. The molecule has 5 heteroatoms. The zero-order chi connectivity index (χ0) is 14.1. The van der Waals surface area contributed by atoms with Crippen molar-refractivity contribution >= 4 is 17.6 Å². The number of urea groups is 1. The van der Waals surface area contributed by atoms with Gasteiger partial charge in [-0.3, -0.25) is 4.79 Å². The maximum Gasteiger partial charge on any atom is 0.319 e. The number of carbonyl (C=O) groups excluding carboxylic acids is 2. The number of benzene rings is 1. The van der Waals surface area contributed by atoms with E-state index in [0.717, 1.165) is 12.8 Å². The number of hydrogen-bond acceptors (Lipinski definition) is 2. The quantitative estimate of drug-likeness (QED) is 0.660. The first-order valence-electron chi connectivity index (χ1n) is 6.58. The normalized spacial score (nSPS) is 9.95. The summed E-state index contributed by atoms with van der Waals surface area (Å²) in [6, 6.07) is 6.29. The van der Waals surface area contributed by atoms with Gasteiger partial charge in [0.05, 0.1) is 0 Å². The highest BCUT2D eigenvalue weighted by molar-refractivity contribution is 5.95. The number of amides is 3. The van der Waals surface area contributed by atoms with Crippen LogP contribution >= 0.6 is 0 Å². The molecule has 5 nitrogen and oxygen atoms in total. The summed E-state index contributed by atoms with van der Waals surface area (Å²) < 4.78 is 0. The summed E-state index contributed by atoms with van der Waals surface area (Å²) in [4.78, 5) is 22.6. The Kier molecular flexibility index (Phi) is 6.43. The third-order valence-corrected chi connectivity index (χ3v) is 2.72.